The second-order valence-corrected chi connectivity index (χ2v) is 8.64. The number of aromatic nitrogens is 4. The van der Waals surface area contributed by atoms with Gasteiger partial charge in [-0.2, -0.15) is 23.0 Å². The summed E-state index contributed by atoms with van der Waals surface area (Å²) in [4.78, 5) is 21.1. The fraction of sp³-hybridized carbons (Fsp3) is 0.200. The van der Waals surface area contributed by atoms with E-state index >= 15 is 0 Å². The normalized spacial score (nSPS) is 11.3. The van der Waals surface area contributed by atoms with Crippen molar-refractivity contribution in [3.05, 3.63) is 82.4 Å². The van der Waals surface area contributed by atoms with E-state index in [0.717, 1.165) is 35.5 Å². The fourth-order valence-corrected chi connectivity index (χ4v) is 3.77. The Balaban J connectivity index is 1.53. The summed E-state index contributed by atoms with van der Waals surface area (Å²) in [6.45, 7) is 5.76. The lowest BCUT2D eigenvalue weighted by Crippen LogP contribution is -2.20. The van der Waals surface area contributed by atoms with E-state index in [4.69, 9.17) is 11.6 Å². The standard InChI is InChI=1S/C25H23ClF3N7O/c1-4-16-12-22(31-13-30-16)36-23(9-15(3)35-36)34-21-11-18(6-5-14(21)2)33-24(37)32-17-7-8-20(26)19(10-17)25(27,28)29/h5-13,34H,4H2,1-3H3,(H2,32,33,37). The second-order valence-electron chi connectivity index (χ2n) is 8.23. The summed E-state index contributed by atoms with van der Waals surface area (Å²) in [5.41, 5.74) is 2.57. The van der Waals surface area contributed by atoms with E-state index < -0.39 is 22.8 Å². The Kier molecular flexibility index (Phi) is 7.35. The van der Waals surface area contributed by atoms with Crippen LogP contribution in [0.3, 0.4) is 0 Å². The molecule has 0 aliphatic carbocycles. The number of benzene rings is 2. The molecule has 0 atom stereocenters. The number of halogens is 4. The number of nitrogens with one attached hydrogen (secondary N) is 3. The molecule has 0 radical (unpaired) electrons. The van der Waals surface area contributed by atoms with Crippen LogP contribution in [0.5, 0.6) is 0 Å². The van der Waals surface area contributed by atoms with Gasteiger partial charge in [0.2, 0.25) is 0 Å². The number of aryl methyl sites for hydroxylation is 3. The molecular weight excluding hydrogens is 507 g/mol. The number of carbonyl (C=O) groups is 1. The summed E-state index contributed by atoms with van der Waals surface area (Å²) in [6, 6.07) is 11.4. The molecule has 0 spiro atoms. The first-order chi connectivity index (χ1) is 17.5. The van der Waals surface area contributed by atoms with Gasteiger partial charge in [-0.1, -0.05) is 24.6 Å². The van der Waals surface area contributed by atoms with E-state index in [2.05, 4.69) is 31.0 Å². The SMILES string of the molecule is CCc1cc(-n2nc(C)cc2Nc2cc(NC(=O)Nc3ccc(Cl)c(C(F)(F)F)c3)ccc2C)ncn1. The summed E-state index contributed by atoms with van der Waals surface area (Å²) >= 11 is 5.64. The van der Waals surface area contributed by atoms with Gasteiger partial charge in [0.15, 0.2) is 5.82 Å². The second kappa shape index (κ2) is 10.5. The largest absolute Gasteiger partial charge is 0.417 e. The molecule has 0 saturated carbocycles. The molecule has 37 heavy (non-hydrogen) atoms. The zero-order valence-corrected chi connectivity index (χ0v) is 20.9. The summed E-state index contributed by atoms with van der Waals surface area (Å²) in [5, 5.41) is 12.4. The topological polar surface area (TPSA) is 96.8 Å². The minimum atomic E-state index is -4.64. The number of anilines is 4. The van der Waals surface area contributed by atoms with E-state index in [9.17, 15) is 18.0 Å². The molecule has 192 valence electrons. The lowest BCUT2D eigenvalue weighted by atomic mass is 10.1. The molecule has 12 heteroatoms. The van der Waals surface area contributed by atoms with Gasteiger partial charge in [0, 0.05) is 34.9 Å². The number of carbonyl (C=O) groups excluding carboxylic acids is 1. The first-order valence-corrected chi connectivity index (χ1v) is 11.6. The summed E-state index contributed by atoms with van der Waals surface area (Å²) in [7, 11) is 0. The quantitative estimate of drug-likeness (QED) is 0.252. The minimum absolute atomic E-state index is 0.0460. The highest BCUT2D eigenvalue weighted by atomic mass is 35.5. The van der Waals surface area contributed by atoms with Crippen LogP contribution in [0.4, 0.5) is 40.8 Å². The van der Waals surface area contributed by atoms with Crippen LogP contribution in [-0.4, -0.2) is 25.8 Å². The monoisotopic (exact) mass is 529 g/mol. The Bertz CT molecular complexity index is 1450. The zero-order chi connectivity index (χ0) is 26.7. The summed E-state index contributed by atoms with van der Waals surface area (Å²) in [6.07, 6.45) is -2.40. The highest BCUT2D eigenvalue weighted by Gasteiger charge is 2.33. The molecule has 2 amide bonds. The Hall–Kier alpha value is -4.12. The van der Waals surface area contributed by atoms with Gasteiger partial charge in [0.05, 0.1) is 16.3 Å². The van der Waals surface area contributed by atoms with Crippen molar-refractivity contribution in [1.82, 2.24) is 19.7 Å². The molecule has 0 aliphatic heterocycles. The van der Waals surface area contributed by atoms with Crippen LogP contribution in [0.15, 0.2) is 54.9 Å². The molecule has 0 bridgehead atoms. The van der Waals surface area contributed by atoms with Crippen molar-refractivity contribution in [1.29, 1.82) is 0 Å². The van der Waals surface area contributed by atoms with Crippen LogP contribution in [0, 0.1) is 13.8 Å². The van der Waals surface area contributed by atoms with Gasteiger partial charge >= 0.3 is 12.2 Å². The number of urea groups is 1. The minimum Gasteiger partial charge on any atom is -0.340 e. The third-order valence-electron chi connectivity index (χ3n) is 5.41. The maximum Gasteiger partial charge on any atom is 0.417 e. The van der Waals surface area contributed by atoms with Gasteiger partial charge in [0.25, 0.3) is 0 Å². The highest BCUT2D eigenvalue weighted by molar-refractivity contribution is 6.31. The smallest absolute Gasteiger partial charge is 0.340 e. The van der Waals surface area contributed by atoms with E-state index in [0.29, 0.717) is 23.0 Å². The fourth-order valence-electron chi connectivity index (χ4n) is 3.54. The number of hydrogen-bond acceptors (Lipinski definition) is 5. The lowest BCUT2D eigenvalue weighted by Gasteiger charge is -2.15. The molecule has 8 nitrogen and oxygen atoms in total. The number of nitrogens with zero attached hydrogens (tertiary/aromatic N) is 4. The highest BCUT2D eigenvalue weighted by Crippen LogP contribution is 2.36. The van der Waals surface area contributed by atoms with Gasteiger partial charge in [-0.05, 0) is 56.2 Å². The molecule has 4 aromatic rings. The molecule has 0 saturated heterocycles. The van der Waals surface area contributed by atoms with Crippen LogP contribution in [0.1, 0.15) is 29.4 Å². The number of amides is 2. The van der Waals surface area contributed by atoms with Crippen LogP contribution < -0.4 is 16.0 Å². The van der Waals surface area contributed by atoms with Crippen LogP contribution in [0.2, 0.25) is 5.02 Å². The first-order valence-electron chi connectivity index (χ1n) is 11.2. The zero-order valence-electron chi connectivity index (χ0n) is 20.1. The van der Waals surface area contributed by atoms with Gasteiger partial charge < -0.3 is 16.0 Å². The van der Waals surface area contributed by atoms with Crippen LogP contribution >= 0.6 is 11.6 Å². The predicted octanol–water partition coefficient (Wildman–Crippen LogP) is 6.90. The third-order valence-corrected chi connectivity index (χ3v) is 5.74. The van der Waals surface area contributed by atoms with Crippen LogP contribution in [0.25, 0.3) is 5.82 Å². The molecule has 4 rings (SSSR count). The van der Waals surface area contributed by atoms with E-state index in [1.165, 1.54) is 12.4 Å². The molecule has 3 N–H and O–H groups in total. The third kappa shape index (κ3) is 6.18. The van der Waals surface area contributed by atoms with Gasteiger partial charge in [-0.25, -0.2) is 14.8 Å². The number of alkyl halides is 3. The maximum absolute atomic E-state index is 13.1. The molecule has 0 fully saturated rings. The maximum atomic E-state index is 13.1. The average Bonchev–Trinajstić information content (AvgIpc) is 3.21. The molecular formula is C25H23ClF3N7O. The molecule has 2 heterocycles. The lowest BCUT2D eigenvalue weighted by molar-refractivity contribution is -0.137. The molecule has 2 aromatic heterocycles. The van der Waals surface area contributed by atoms with Gasteiger partial charge in [-0.3, -0.25) is 0 Å². The predicted molar refractivity (Wildman–Crippen MR) is 137 cm³/mol. The molecule has 2 aromatic carbocycles. The van der Waals surface area contributed by atoms with E-state index in [1.54, 1.807) is 22.9 Å². The van der Waals surface area contributed by atoms with E-state index in [-0.39, 0.29) is 5.69 Å². The summed E-state index contributed by atoms with van der Waals surface area (Å²) in [5.74, 6) is 1.26. The molecule has 0 aliphatic rings. The van der Waals surface area contributed by atoms with Crippen molar-refractivity contribution >= 4 is 40.5 Å². The van der Waals surface area contributed by atoms with Crippen LogP contribution in [-0.2, 0) is 12.6 Å². The van der Waals surface area contributed by atoms with Crippen molar-refractivity contribution in [3.63, 3.8) is 0 Å². The Morgan fingerprint density at radius 2 is 1.70 bits per heavy atom. The number of rotatable bonds is 6. The van der Waals surface area contributed by atoms with Crippen molar-refractivity contribution in [3.8, 4) is 5.82 Å². The average molecular weight is 530 g/mol. The van der Waals surface area contributed by atoms with Crippen molar-refractivity contribution < 1.29 is 18.0 Å². The Morgan fingerprint density at radius 3 is 2.41 bits per heavy atom. The number of hydrogen-bond donors (Lipinski definition) is 3. The van der Waals surface area contributed by atoms with Crippen molar-refractivity contribution in [2.24, 2.45) is 0 Å². The van der Waals surface area contributed by atoms with Gasteiger partial charge in [0.1, 0.15) is 12.1 Å². The Morgan fingerprint density at radius 1 is 1.00 bits per heavy atom. The molecule has 0 unspecified atom stereocenters. The van der Waals surface area contributed by atoms with Crippen molar-refractivity contribution in [2.45, 2.75) is 33.4 Å². The van der Waals surface area contributed by atoms with E-state index in [1.807, 2.05) is 32.9 Å². The van der Waals surface area contributed by atoms with Gasteiger partial charge in [-0.15, -0.1) is 0 Å². The Labute approximate surface area is 215 Å². The van der Waals surface area contributed by atoms with Crippen molar-refractivity contribution in [2.75, 3.05) is 16.0 Å². The first kappa shape index (κ1) is 26.0. The summed E-state index contributed by atoms with van der Waals surface area (Å²) < 4.78 is 41.0.